The van der Waals surface area contributed by atoms with Crippen molar-refractivity contribution in [2.45, 2.75) is 25.3 Å². The molecule has 2 heterocycles. The van der Waals surface area contributed by atoms with E-state index in [1.54, 1.807) is 4.68 Å². The van der Waals surface area contributed by atoms with Gasteiger partial charge >= 0.3 is 0 Å². The summed E-state index contributed by atoms with van der Waals surface area (Å²) >= 11 is 9.73. The third-order valence-corrected chi connectivity index (χ3v) is 4.55. The molecule has 0 spiro atoms. The zero-order valence-corrected chi connectivity index (χ0v) is 13.9. The van der Waals surface area contributed by atoms with E-state index in [4.69, 9.17) is 21.1 Å². The first-order valence-corrected chi connectivity index (χ1v) is 8.02. The lowest BCUT2D eigenvalue weighted by Gasteiger charge is -2.19. The van der Waals surface area contributed by atoms with Crippen LogP contribution in [-0.4, -0.2) is 28.2 Å². The van der Waals surface area contributed by atoms with E-state index in [-0.39, 0.29) is 5.38 Å². The van der Waals surface area contributed by atoms with Crippen LogP contribution in [0, 0.1) is 0 Å². The minimum Gasteiger partial charge on any atom is -0.486 e. The van der Waals surface area contributed by atoms with Crippen molar-refractivity contribution >= 4 is 27.5 Å². The van der Waals surface area contributed by atoms with E-state index < -0.39 is 0 Å². The molecule has 21 heavy (non-hydrogen) atoms. The summed E-state index contributed by atoms with van der Waals surface area (Å²) in [5.41, 5.74) is 1.85. The molecule has 3 rings (SSSR count). The van der Waals surface area contributed by atoms with Crippen LogP contribution < -0.4 is 9.47 Å². The lowest BCUT2D eigenvalue weighted by atomic mass is 10.2. The maximum atomic E-state index is 6.17. The largest absolute Gasteiger partial charge is 0.486 e. The molecule has 7 heteroatoms. The number of halogens is 2. The molecular weight excluding hydrogens is 358 g/mol. The predicted octanol–water partition coefficient (Wildman–Crippen LogP) is 3.55. The Balaban J connectivity index is 1.82. The molecule has 0 fully saturated rings. The predicted molar refractivity (Wildman–Crippen MR) is 83.1 cm³/mol. The van der Waals surface area contributed by atoms with Crippen molar-refractivity contribution in [3.63, 3.8) is 0 Å². The molecular formula is C14H15BrClN3O2. The van der Waals surface area contributed by atoms with Crippen LogP contribution >= 0.6 is 27.5 Å². The number of fused-ring (bicyclic) bond motifs is 1. The van der Waals surface area contributed by atoms with E-state index in [1.165, 1.54) is 0 Å². The molecule has 1 atom stereocenters. The van der Waals surface area contributed by atoms with Crippen molar-refractivity contribution in [1.82, 2.24) is 15.0 Å². The first-order valence-electron chi connectivity index (χ1n) is 6.79. The number of ether oxygens (including phenoxy) is 2. The monoisotopic (exact) mass is 371 g/mol. The lowest BCUT2D eigenvalue weighted by Crippen LogP contribution is -2.16. The summed E-state index contributed by atoms with van der Waals surface area (Å²) in [7, 11) is 0. The number of hydrogen-bond donors (Lipinski definition) is 0. The third kappa shape index (κ3) is 3.16. The van der Waals surface area contributed by atoms with E-state index in [0.717, 1.165) is 33.6 Å². The summed E-state index contributed by atoms with van der Waals surface area (Å²) in [5.74, 6) is 1.53. The molecule has 0 bridgehead atoms. The highest BCUT2D eigenvalue weighted by molar-refractivity contribution is 9.10. The normalized spacial score (nSPS) is 15.0. The zero-order chi connectivity index (χ0) is 14.8. The first kappa shape index (κ1) is 14.7. The van der Waals surface area contributed by atoms with E-state index in [9.17, 15) is 0 Å². The Labute approximate surface area is 136 Å². The van der Waals surface area contributed by atoms with Crippen molar-refractivity contribution in [2.75, 3.05) is 13.2 Å². The molecule has 1 aliphatic heterocycles. The summed E-state index contributed by atoms with van der Waals surface area (Å²) < 4.78 is 13.9. The van der Waals surface area contributed by atoms with Gasteiger partial charge in [-0.05, 0) is 24.1 Å². The quantitative estimate of drug-likeness (QED) is 0.770. The average Bonchev–Trinajstić information content (AvgIpc) is 2.96. The molecule has 1 unspecified atom stereocenters. The molecule has 0 saturated carbocycles. The summed E-state index contributed by atoms with van der Waals surface area (Å²) in [5, 5.41) is 8.14. The molecule has 112 valence electrons. The lowest BCUT2D eigenvalue weighted by molar-refractivity contribution is 0.171. The number of benzene rings is 1. The van der Waals surface area contributed by atoms with E-state index in [1.807, 2.05) is 25.3 Å². The Hall–Kier alpha value is -1.27. The summed E-state index contributed by atoms with van der Waals surface area (Å²) in [6, 6.07) is 3.90. The van der Waals surface area contributed by atoms with Crippen molar-refractivity contribution in [1.29, 1.82) is 0 Å². The maximum absolute atomic E-state index is 6.17. The van der Waals surface area contributed by atoms with Gasteiger partial charge in [0.05, 0.1) is 18.1 Å². The molecule has 1 aromatic heterocycles. The fraction of sp³-hybridized carbons (Fsp3) is 0.429. The van der Waals surface area contributed by atoms with Crippen LogP contribution in [0.25, 0.3) is 0 Å². The Bertz CT molecular complexity index is 647. The first-order chi connectivity index (χ1) is 10.2. The van der Waals surface area contributed by atoms with Gasteiger partial charge in [-0.1, -0.05) is 28.1 Å². The number of nitrogens with zero attached hydrogens (tertiary/aromatic N) is 3. The molecule has 1 aliphatic rings. The third-order valence-electron chi connectivity index (χ3n) is 3.28. The van der Waals surface area contributed by atoms with Gasteiger partial charge in [-0.2, -0.15) is 0 Å². The second kappa shape index (κ2) is 6.23. The Morgan fingerprint density at radius 1 is 1.33 bits per heavy atom. The standard InChI is InChI=1S/C14H15BrClN3O2/c1-2-11(16)12-8-19(18-17-12)7-9-5-13-14(6-10(9)15)21-4-3-20-13/h5-6,8,11H,2-4,7H2,1H3. The van der Waals surface area contributed by atoms with E-state index >= 15 is 0 Å². The van der Waals surface area contributed by atoms with Crippen LogP contribution in [0.5, 0.6) is 11.5 Å². The fourth-order valence-corrected chi connectivity index (χ4v) is 2.69. The van der Waals surface area contributed by atoms with Gasteiger partial charge in [-0.3, -0.25) is 0 Å². The molecule has 0 aliphatic carbocycles. The van der Waals surface area contributed by atoms with Crippen molar-refractivity contribution in [3.05, 3.63) is 34.1 Å². The van der Waals surface area contributed by atoms with Crippen molar-refractivity contribution in [3.8, 4) is 11.5 Å². The highest BCUT2D eigenvalue weighted by Gasteiger charge is 2.16. The van der Waals surface area contributed by atoms with Gasteiger partial charge in [0.15, 0.2) is 11.5 Å². The average molecular weight is 373 g/mol. The van der Waals surface area contributed by atoms with Crippen LogP contribution in [0.4, 0.5) is 0 Å². The van der Waals surface area contributed by atoms with Crippen LogP contribution in [0.2, 0.25) is 0 Å². The molecule has 5 nitrogen and oxygen atoms in total. The molecule has 0 amide bonds. The van der Waals surface area contributed by atoms with Gasteiger partial charge in [0.25, 0.3) is 0 Å². The summed E-state index contributed by atoms with van der Waals surface area (Å²) in [6.45, 7) is 3.77. The van der Waals surface area contributed by atoms with E-state index in [2.05, 4.69) is 26.2 Å². The van der Waals surface area contributed by atoms with Gasteiger partial charge in [-0.25, -0.2) is 4.68 Å². The van der Waals surface area contributed by atoms with Gasteiger partial charge in [-0.15, -0.1) is 16.7 Å². The van der Waals surface area contributed by atoms with Crippen LogP contribution in [0.1, 0.15) is 30.0 Å². The summed E-state index contributed by atoms with van der Waals surface area (Å²) in [4.78, 5) is 0. The van der Waals surface area contributed by atoms with Crippen LogP contribution in [0.15, 0.2) is 22.8 Å². The Kier molecular flexibility index (Phi) is 4.35. The van der Waals surface area contributed by atoms with Gasteiger partial charge in [0.2, 0.25) is 0 Å². The molecule has 2 aromatic rings. The minimum absolute atomic E-state index is 0.0949. The SMILES string of the molecule is CCC(Cl)c1cn(Cc2cc3c(cc2Br)OCCO3)nn1. The van der Waals surface area contributed by atoms with Gasteiger partial charge in [0.1, 0.15) is 18.9 Å². The second-order valence-electron chi connectivity index (χ2n) is 4.80. The van der Waals surface area contributed by atoms with Gasteiger partial charge in [0, 0.05) is 4.47 Å². The van der Waals surface area contributed by atoms with Gasteiger partial charge < -0.3 is 9.47 Å². The fourth-order valence-electron chi connectivity index (χ4n) is 2.15. The number of rotatable bonds is 4. The number of aromatic nitrogens is 3. The highest BCUT2D eigenvalue weighted by Crippen LogP contribution is 2.35. The molecule has 1 aromatic carbocycles. The Morgan fingerprint density at radius 3 is 2.76 bits per heavy atom. The second-order valence-corrected chi connectivity index (χ2v) is 6.19. The Morgan fingerprint density at radius 2 is 2.05 bits per heavy atom. The number of alkyl halides is 1. The smallest absolute Gasteiger partial charge is 0.162 e. The highest BCUT2D eigenvalue weighted by atomic mass is 79.9. The van der Waals surface area contributed by atoms with Crippen molar-refractivity contribution < 1.29 is 9.47 Å². The van der Waals surface area contributed by atoms with Crippen LogP contribution in [-0.2, 0) is 6.54 Å². The topological polar surface area (TPSA) is 49.2 Å². The van der Waals surface area contributed by atoms with Crippen molar-refractivity contribution in [2.24, 2.45) is 0 Å². The molecule has 0 radical (unpaired) electrons. The minimum atomic E-state index is -0.0949. The summed E-state index contributed by atoms with van der Waals surface area (Å²) in [6.07, 6.45) is 2.71. The van der Waals surface area contributed by atoms with Crippen LogP contribution in [0.3, 0.4) is 0 Å². The maximum Gasteiger partial charge on any atom is 0.162 e. The molecule has 0 N–H and O–H groups in total. The molecule has 0 saturated heterocycles. The number of hydrogen-bond acceptors (Lipinski definition) is 4. The zero-order valence-electron chi connectivity index (χ0n) is 11.6. The van der Waals surface area contributed by atoms with E-state index in [0.29, 0.717) is 19.8 Å².